The van der Waals surface area contributed by atoms with Crippen molar-refractivity contribution in [2.45, 2.75) is 39.0 Å². The Labute approximate surface area is 136 Å². The Morgan fingerprint density at radius 2 is 1.96 bits per heavy atom. The number of esters is 1. The molecular weight excluding hydrogens is 296 g/mol. The number of nitrogens with zero attached hydrogens (tertiary/aromatic N) is 1. The molecule has 1 N–H and O–H groups in total. The lowest BCUT2D eigenvalue weighted by Gasteiger charge is -2.33. The van der Waals surface area contributed by atoms with Crippen molar-refractivity contribution in [3.63, 3.8) is 0 Å². The molecule has 0 spiro atoms. The van der Waals surface area contributed by atoms with E-state index in [2.05, 4.69) is 5.32 Å². The number of amides is 1. The molecule has 0 aliphatic carbocycles. The molecule has 23 heavy (non-hydrogen) atoms. The second-order valence-electron chi connectivity index (χ2n) is 6.53. The molecule has 1 heterocycles. The fraction of sp³-hybridized carbons (Fsp3) is 0.529. The maximum Gasteiger partial charge on any atom is 0.410 e. The molecule has 1 atom stereocenters. The third kappa shape index (κ3) is 5.56. The average molecular weight is 320 g/mol. The van der Waals surface area contributed by atoms with Crippen LogP contribution in [-0.4, -0.2) is 48.2 Å². The quantitative estimate of drug-likeness (QED) is 0.862. The predicted octanol–water partition coefficient (Wildman–Crippen LogP) is 1.94. The van der Waals surface area contributed by atoms with Gasteiger partial charge in [0.25, 0.3) is 0 Å². The van der Waals surface area contributed by atoms with Crippen molar-refractivity contribution in [3.8, 4) is 0 Å². The lowest BCUT2D eigenvalue weighted by atomic mass is 10.1. The smallest absolute Gasteiger partial charge is 0.410 e. The molecule has 1 aliphatic rings. The van der Waals surface area contributed by atoms with Gasteiger partial charge in [-0.15, -0.1) is 0 Å². The summed E-state index contributed by atoms with van der Waals surface area (Å²) in [6.45, 7) is 6.97. The Morgan fingerprint density at radius 3 is 2.61 bits per heavy atom. The maximum absolute atomic E-state index is 12.1. The topological polar surface area (TPSA) is 67.9 Å². The zero-order valence-corrected chi connectivity index (χ0v) is 13.9. The molecule has 6 nitrogen and oxygen atoms in total. The number of carbonyl (C=O) groups is 2. The lowest BCUT2D eigenvalue weighted by molar-refractivity contribution is -0.158. The largest absolute Gasteiger partial charge is 0.459 e. The second kappa shape index (κ2) is 7.46. The van der Waals surface area contributed by atoms with Crippen LogP contribution in [0.4, 0.5) is 4.79 Å². The lowest BCUT2D eigenvalue weighted by Crippen LogP contribution is -2.56. The molecule has 1 saturated heterocycles. The number of rotatable bonds is 3. The fourth-order valence-electron chi connectivity index (χ4n) is 2.26. The van der Waals surface area contributed by atoms with Crippen LogP contribution in [0.15, 0.2) is 30.3 Å². The van der Waals surface area contributed by atoms with Crippen LogP contribution in [0.2, 0.25) is 0 Å². The normalized spacial score (nSPS) is 18.4. The Hall–Kier alpha value is -2.08. The summed E-state index contributed by atoms with van der Waals surface area (Å²) in [5, 5.41) is 3.08. The summed E-state index contributed by atoms with van der Waals surface area (Å²) >= 11 is 0. The average Bonchev–Trinajstić information content (AvgIpc) is 2.52. The predicted molar refractivity (Wildman–Crippen MR) is 85.8 cm³/mol. The van der Waals surface area contributed by atoms with E-state index in [0.717, 1.165) is 5.56 Å². The standard InChI is InChI=1S/C17H24N2O4/c1-17(2,3)23-15(20)14-11-19(10-9-18-14)16(21)22-12-13-7-5-4-6-8-13/h4-8,14,18H,9-12H2,1-3H3/t14-/m0/s1. The van der Waals surface area contributed by atoms with Gasteiger partial charge in [0.1, 0.15) is 18.2 Å². The van der Waals surface area contributed by atoms with E-state index in [-0.39, 0.29) is 19.1 Å². The molecule has 2 rings (SSSR count). The minimum atomic E-state index is -0.547. The molecule has 1 aliphatic heterocycles. The van der Waals surface area contributed by atoms with Crippen LogP contribution in [0, 0.1) is 0 Å². The highest BCUT2D eigenvalue weighted by Gasteiger charge is 2.31. The van der Waals surface area contributed by atoms with Crippen molar-refractivity contribution in [1.82, 2.24) is 10.2 Å². The van der Waals surface area contributed by atoms with Crippen LogP contribution in [0.1, 0.15) is 26.3 Å². The Bertz CT molecular complexity index is 539. The summed E-state index contributed by atoms with van der Waals surface area (Å²) in [6.07, 6.45) is -0.413. The van der Waals surface area contributed by atoms with Gasteiger partial charge in [0.2, 0.25) is 0 Å². The van der Waals surface area contributed by atoms with Gasteiger partial charge in [-0.3, -0.25) is 4.79 Å². The summed E-state index contributed by atoms with van der Waals surface area (Å²) in [7, 11) is 0. The van der Waals surface area contributed by atoms with Crippen LogP contribution in [-0.2, 0) is 20.9 Å². The summed E-state index contributed by atoms with van der Waals surface area (Å²) in [5.74, 6) is -0.349. The van der Waals surface area contributed by atoms with Gasteiger partial charge in [-0.2, -0.15) is 0 Å². The monoisotopic (exact) mass is 320 g/mol. The zero-order chi connectivity index (χ0) is 16.9. The van der Waals surface area contributed by atoms with Gasteiger partial charge in [-0.05, 0) is 26.3 Å². The van der Waals surface area contributed by atoms with Crippen molar-refractivity contribution in [3.05, 3.63) is 35.9 Å². The molecule has 0 saturated carbocycles. The van der Waals surface area contributed by atoms with Crippen molar-refractivity contribution < 1.29 is 19.1 Å². The summed E-state index contributed by atoms with van der Waals surface area (Å²) in [4.78, 5) is 25.8. The summed E-state index contributed by atoms with van der Waals surface area (Å²) in [5.41, 5.74) is 0.383. The summed E-state index contributed by atoms with van der Waals surface area (Å²) in [6, 6.07) is 8.97. The molecule has 0 bridgehead atoms. The van der Waals surface area contributed by atoms with Crippen molar-refractivity contribution in [2.75, 3.05) is 19.6 Å². The van der Waals surface area contributed by atoms with Crippen LogP contribution in [0.25, 0.3) is 0 Å². The number of carbonyl (C=O) groups excluding carboxylic acids is 2. The Morgan fingerprint density at radius 1 is 1.26 bits per heavy atom. The van der Waals surface area contributed by atoms with Crippen LogP contribution >= 0.6 is 0 Å². The molecule has 6 heteroatoms. The SMILES string of the molecule is CC(C)(C)OC(=O)[C@@H]1CN(C(=O)OCc2ccccc2)CCN1. The molecule has 1 aromatic rings. The first kappa shape index (κ1) is 17.3. The van der Waals surface area contributed by atoms with E-state index in [1.165, 1.54) is 4.90 Å². The van der Waals surface area contributed by atoms with Crippen LogP contribution in [0.5, 0.6) is 0 Å². The molecule has 126 valence electrons. The van der Waals surface area contributed by atoms with Gasteiger partial charge in [-0.1, -0.05) is 30.3 Å². The molecule has 1 aromatic carbocycles. The highest BCUT2D eigenvalue weighted by Crippen LogP contribution is 2.11. The van der Waals surface area contributed by atoms with E-state index in [0.29, 0.717) is 13.1 Å². The van der Waals surface area contributed by atoms with Gasteiger partial charge in [0.05, 0.1) is 6.54 Å². The highest BCUT2D eigenvalue weighted by molar-refractivity contribution is 5.78. The van der Waals surface area contributed by atoms with Gasteiger partial charge < -0.3 is 19.7 Å². The first-order valence-corrected chi connectivity index (χ1v) is 7.77. The first-order valence-electron chi connectivity index (χ1n) is 7.77. The molecule has 1 fully saturated rings. The number of hydrogen-bond donors (Lipinski definition) is 1. The number of ether oxygens (including phenoxy) is 2. The van der Waals surface area contributed by atoms with Gasteiger partial charge >= 0.3 is 12.1 Å². The molecule has 0 aromatic heterocycles. The molecular formula is C17H24N2O4. The van der Waals surface area contributed by atoms with E-state index in [1.54, 1.807) is 0 Å². The second-order valence-corrected chi connectivity index (χ2v) is 6.53. The zero-order valence-electron chi connectivity index (χ0n) is 13.9. The Kier molecular flexibility index (Phi) is 5.60. The van der Waals surface area contributed by atoms with Crippen molar-refractivity contribution >= 4 is 12.1 Å². The number of benzene rings is 1. The van der Waals surface area contributed by atoms with E-state index in [1.807, 2.05) is 51.1 Å². The van der Waals surface area contributed by atoms with Crippen molar-refractivity contribution in [1.29, 1.82) is 0 Å². The minimum absolute atomic E-state index is 0.223. The minimum Gasteiger partial charge on any atom is -0.459 e. The maximum atomic E-state index is 12.1. The van der Waals surface area contributed by atoms with E-state index in [4.69, 9.17) is 9.47 Å². The number of hydrogen-bond acceptors (Lipinski definition) is 5. The van der Waals surface area contributed by atoms with Crippen LogP contribution < -0.4 is 5.32 Å². The van der Waals surface area contributed by atoms with Gasteiger partial charge in [-0.25, -0.2) is 4.79 Å². The van der Waals surface area contributed by atoms with E-state index < -0.39 is 17.7 Å². The van der Waals surface area contributed by atoms with E-state index >= 15 is 0 Å². The third-order valence-electron chi connectivity index (χ3n) is 3.33. The molecule has 0 radical (unpaired) electrons. The highest BCUT2D eigenvalue weighted by atomic mass is 16.6. The number of piperazine rings is 1. The molecule has 1 amide bonds. The van der Waals surface area contributed by atoms with Crippen LogP contribution in [0.3, 0.4) is 0 Å². The number of nitrogens with one attached hydrogen (secondary N) is 1. The first-order chi connectivity index (χ1) is 10.8. The fourth-order valence-corrected chi connectivity index (χ4v) is 2.26. The van der Waals surface area contributed by atoms with Gasteiger partial charge in [0.15, 0.2) is 0 Å². The summed E-state index contributed by atoms with van der Waals surface area (Å²) < 4.78 is 10.7. The molecule has 0 unspecified atom stereocenters. The van der Waals surface area contributed by atoms with E-state index in [9.17, 15) is 9.59 Å². The van der Waals surface area contributed by atoms with Gasteiger partial charge in [0, 0.05) is 13.1 Å². The van der Waals surface area contributed by atoms with Crippen molar-refractivity contribution in [2.24, 2.45) is 0 Å². The third-order valence-corrected chi connectivity index (χ3v) is 3.33. The Balaban J connectivity index is 1.85.